The number of aromatic nitrogens is 2. The first-order valence-electron chi connectivity index (χ1n) is 15.0. The van der Waals surface area contributed by atoms with Gasteiger partial charge in [-0.05, 0) is 50.6 Å². The Kier molecular flexibility index (Phi) is 8.54. The number of nitrogens with zero attached hydrogens (tertiary/aromatic N) is 6. The summed E-state index contributed by atoms with van der Waals surface area (Å²) in [6.07, 6.45) is 2.83. The number of rotatable bonds is 8. The van der Waals surface area contributed by atoms with E-state index in [0.717, 1.165) is 24.3 Å². The fourth-order valence-corrected chi connectivity index (χ4v) is 7.73. The lowest BCUT2D eigenvalue weighted by Crippen LogP contribution is -2.43. The van der Waals surface area contributed by atoms with Gasteiger partial charge >= 0.3 is 6.01 Å². The van der Waals surface area contributed by atoms with E-state index in [0.29, 0.717) is 29.7 Å². The Bertz CT molecular complexity index is 1890. The van der Waals surface area contributed by atoms with Crippen LogP contribution < -0.4 is 15.4 Å². The van der Waals surface area contributed by atoms with Crippen LogP contribution in [0.1, 0.15) is 25.3 Å². The van der Waals surface area contributed by atoms with Crippen LogP contribution in [0.2, 0.25) is 0 Å². The van der Waals surface area contributed by atoms with Gasteiger partial charge in [0.1, 0.15) is 34.8 Å². The summed E-state index contributed by atoms with van der Waals surface area (Å²) >= 11 is 0.954. The molecule has 2 aromatic carbocycles. The number of carbonyl (C=O) groups is 1. The van der Waals surface area contributed by atoms with Crippen molar-refractivity contribution >= 4 is 49.1 Å². The quantitative estimate of drug-likeness (QED) is 0.265. The summed E-state index contributed by atoms with van der Waals surface area (Å²) in [6.45, 7) is 7.18. The number of methoxy groups -OCH3 is 1. The molecule has 1 amide bonds. The van der Waals surface area contributed by atoms with E-state index in [1.807, 2.05) is 32.0 Å². The van der Waals surface area contributed by atoms with Gasteiger partial charge in [-0.1, -0.05) is 18.7 Å². The number of thiophene rings is 1. The molecule has 46 heavy (non-hydrogen) atoms. The number of likely N-dealkylation sites (tertiary alicyclic amines) is 2. The predicted octanol–water partition coefficient (Wildman–Crippen LogP) is 4.95. The number of ether oxygens (including phenoxy) is 2. The van der Waals surface area contributed by atoms with Gasteiger partial charge in [-0.3, -0.25) is 9.69 Å². The van der Waals surface area contributed by atoms with Gasteiger partial charge in [-0.2, -0.15) is 15.2 Å². The molecule has 2 aliphatic rings. The maximum absolute atomic E-state index is 16.8. The van der Waals surface area contributed by atoms with Crippen molar-refractivity contribution in [1.29, 1.82) is 5.26 Å². The summed E-state index contributed by atoms with van der Waals surface area (Å²) in [5, 5.41) is 10.7. The molecular weight excluding hydrogens is 612 g/mol. The third-order valence-electron chi connectivity index (χ3n) is 9.38. The molecule has 2 aliphatic heterocycles. The first-order chi connectivity index (χ1) is 22.1. The number of nitriles is 1. The molecule has 240 valence electrons. The standard InChI is InChI=1S/C33H35F2N7O3S/c1-6-26(43)42-12-11-25(17(42)2)41(4)32-22-8-7-21(20-9-10-24(34)30-27(20)23(14-36)31(37)46-30)28(35)29(22)38-33(39-32)45-16-18-13-19(44-5)15-40(18)3/h6-10,17-19,25H,1,11-13,15-16,37H2,2-5H3. The van der Waals surface area contributed by atoms with Crippen LogP contribution in [-0.4, -0.2) is 90.8 Å². The number of likely N-dealkylation sites (N-methyl/N-ethyl adjacent to an activating group) is 2. The molecule has 0 bridgehead atoms. The topological polar surface area (TPSA) is 121 Å². The molecule has 2 fully saturated rings. The first kappa shape index (κ1) is 31.6. The minimum atomic E-state index is -0.665. The zero-order valence-electron chi connectivity index (χ0n) is 26.1. The number of hydrogen-bond donors (Lipinski definition) is 1. The molecule has 2 N–H and O–H groups in total. The third-order valence-corrected chi connectivity index (χ3v) is 10.4. The molecule has 2 saturated heterocycles. The molecule has 2 aromatic heterocycles. The number of nitrogen functional groups attached to an aromatic ring is 1. The molecule has 13 heteroatoms. The van der Waals surface area contributed by atoms with Gasteiger partial charge in [0.25, 0.3) is 0 Å². The second-order valence-electron chi connectivity index (χ2n) is 11.8. The Morgan fingerprint density at radius 3 is 2.74 bits per heavy atom. The Balaban J connectivity index is 1.47. The Morgan fingerprint density at radius 2 is 2.04 bits per heavy atom. The minimum absolute atomic E-state index is 0.00563. The van der Waals surface area contributed by atoms with Crippen molar-refractivity contribution in [3.63, 3.8) is 0 Å². The normalized spacial score (nSPS) is 21.6. The fourth-order valence-electron chi connectivity index (χ4n) is 6.78. The van der Waals surface area contributed by atoms with E-state index in [9.17, 15) is 14.4 Å². The van der Waals surface area contributed by atoms with Crippen LogP contribution >= 0.6 is 11.3 Å². The van der Waals surface area contributed by atoms with Crippen LogP contribution in [0.25, 0.3) is 32.1 Å². The van der Waals surface area contributed by atoms with Crippen molar-refractivity contribution < 1.29 is 23.0 Å². The predicted molar refractivity (Wildman–Crippen MR) is 175 cm³/mol. The molecule has 10 nitrogen and oxygen atoms in total. The van der Waals surface area contributed by atoms with E-state index >= 15 is 4.39 Å². The number of benzene rings is 2. The zero-order valence-corrected chi connectivity index (χ0v) is 26.9. The summed E-state index contributed by atoms with van der Waals surface area (Å²) in [6, 6.07) is 7.83. The number of carbonyl (C=O) groups excluding carboxylic acids is 1. The molecule has 6 rings (SSSR count). The van der Waals surface area contributed by atoms with E-state index in [1.54, 1.807) is 24.1 Å². The number of nitrogens with two attached hydrogens (primary N) is 1. The Morgan fingerprint density at radius 1 is 1.28 bits per heavy atom. The molecule has 4 atom stereocenters. The molecule has 4 heterocycles. The summed E-state index contributed by atoms with van der Waals surface area (Å²) < 4.78 is 43.4. The fraction of sp³-hybridized carbons (Fsp3) is 0.394. The molecule has 0 spiro atoms. The van der Waals surface area contributed by atoms with Gasteiger partial charge < -0.3 is 25.0 Å². The van der Waals surface area contributed by atoms with E-state index < -0.39 is 11.6 Å². The van der Waals surface area contributed by atoms with Crippen molar-refractivity contribution in [1.82, 2.24) is 19.8 Å². The van der Waals surface area contributed by atoms with Gasteiger partial charge in [0.15, 0.2) is 5.82 Å². The van der Waals surface area contributed by atoms with Gasteiger partial charge in [0, 0.05) is 55.7 Å². The van der Waals surface area contributed by atoms with Crippen LogP contribution in [0.5, 0.6) is 6.01 Å². The average Bonchev–Trinajstić information content (AvgIpc) is 3.73. The summed E-state index contributed by atoms with van der Waals surface area (Å²) in [4.78, 5) is 27.7. The second-order valence-corrected chi connectivity index (χ2v) is 12.9. The number of fused-ring (bicyclic) bond motifs is 2. The first-order valence-corrected chi connectivity index (χ1v) is 15.8. The number of halogens is 2. The Labute approximate surface area is 269 Å². The smallest absolute Gasteiger partial charge is 0.319 e. The maximum atomic E-state index is 16.8. The molecular formula is C33H35F2N7O3S. The number of anilines is 2. The lowest BCUT2D eigenvalue weighted by molar-refractivity contribution is -0.126. The minimum Gasteiger partial charge on any atom is -0.462 e. The molecule has 0 aliphatic carbocycles. The summed E-state index contributed by atoms with van der Waals surface area (Å²) in [5.41, 5.74) is 6.64. The van der Waals surface area contributed by atoms with Crippen molar-refractivity contribution in [3.8, 4) is 23.2 Å². The number of amides is 1. The monoisotopic (exact) mass is 647 g/mol. The van der Waals surface area contributed by atoms with Gasteiger partial charge in [0.05, 0.1) is 22.4 Å². The molecule has 4 unspecified atom stereocenters. The van der Waals surface area contributed by atoms with Crippen molar-refractivity contribution in [2.45, 2.75) is 44.0 Å². The molecule has 0 radical (unpaired) electrons. The van der Waals surface area contributed by atoms with Crippen LogP contribution in [0.4, 0.5) is 19.6 Å². The average molecular weight is 648 g/mol. The highest BCUT2D eigenvalue weighted by atomic mass is 32.1. The van der Waals surface area contributed by atoms with E-state index in [1.165, 1.54) is 18.2 Å². The van der Waals surface area contributed by atoms with Crippen molar-refractivity contribution in [3.05, 3.63) is 54.1 Å². The Hall–Kier alpha value is -4.38. The van der Waals surface area contributed by atoms with Gasteiger partial charge in [-0.25, -0.2) is 8.78 Å². The van der Waals surface area contributed by atoms with Crippen LogP contribution in [0.3, 0.4) is 0 Å². The third kappa shape index (κ3) is 5.30. The SMILES string of the molecule is C=CC(=O)N1CCC(N(C)c2nc(OCC3CC(OC)CN3C)nc3c(F)c(-c4ccc(F)c5sc(N)c(C#N)c45)ccc23)C1C. The second kappa shape index (κ2) is 12.4. The van der Waals surface area contributed by atoms with Gasteiger partial charge in [0.2, 0.25) is 5.91 Å². The lowest BCUT2D eigenvalue weighted by Gasteiger charge is -2.32. The maximum Gasteiger partial charge on any atom is 0.319 e. The number of hydrogen-bond acceptors (Lipinski definition) is 10. The highest BCUT2D eigenvalue weighted by Gasteiger charge is 2.37. The van der Waals surface area contributed by atoms with Gasteiger partial charge in [-0.15, -0.1) is 11.3 Å². The largest absolute Gasteiger partial charge is 0.462 e. The highest BCUT2D eigenvalue weighted by Crippen LogP contribution is 2.43. The summed E-state index contributed by atoms with van der Waals surface area (Å²) in [5.74, 6) is -0.905. The molecule has 4 aromatic rings. The van der Waals surface area contributed by atoms with E-state index in [4.69, 9.17) is 20.2 Å². The van der Waals surface area contributed by atoms with Crippen LogP contribution in [0, 0.1) is 23.0 Å². The van der Waals surface area contributed by atoms with Crippen LogP contribution in [-0.2, 0) is 9.53 Å². The molecule has 0 saturated carbocycles. The van der Waals surface area contributed by atoms with E-state index in [2.05, 4.69) is 16.5 Å². The lowest BCUT2D eigenvalue weighted by atomic mass is 9.97. The zero-order chi connectivity index (χ0) is 32.9. The van der Waals surface area contributed by atoms with Crippen LogP contribution in [0.15, 0.2) is 36.9 Å². The van der Waals surface area contributed by atoms with E-state index in [-0.39, 0.29) is 74.5 Å². The van der Waals surface area contributed by atoms with Crippen molar-refractivity contribution in [2.75, 3.05) is 51.5 Å². The summed E-state index contributed by atoms with van der Waals surface area (Å²) in [7, 11) is 5.54. The van der Waals surface area contributed by atoms with Crippen molar-refractivity contribution in [2.24, 2.45) is 0 Å². The highest BCUT2D eigenvalue weighted by molar-refractivity contribution is 7.23.